The molecule has 1 fully saturated rings. The van der Waals surface area contributed by atoms with Gasteiger partial charge in [0.05, 0.1) is 11.8 Å². The lowest BCUT2D eigenvalue weighted by Crippen LogP contribution is -2.16. The number of amides is 1. The Kier molecular flexibility index (Phi) is 3.02. The summed E-state index contributed by atoms with van der Waals surface area (Å²) < 4.78 is 1.94. The van der Waals surface area contributed by atoms with Crippen LogP contribution in [0.4, 0.5) is 5.69 Å². The highest BCUT2D eigenvalue weighted by Crippen LogP contribution is 2.39. The Bertz CT molecular complexity index is 649. The standard InChI is InChI=1S/C15H14N2O3/c18-14(12-9-13(12)15(19)20)16-10-4-3-5-11(8-10)17-6-1-2-7-17/h1-8,12-13H,9H2,(H,16,18)(H,19,20)/t12-,13+/m1/s1. The minimum absolute atomic E-state index is 0.220. The van der Waals surface area contributed by atoms with Crippen LogP contribution in [-0.2, 0) is 9.59 Å². The number of hydrogen-bond acceptors (Lipinski definition) is 2. The van der Waals surface area contributed by atoms with E-state index in [1.54, 1.807) is 6.07 Å². The number of benzene rings is 1. The summed E-state index contributed by atoms with van der Waals surface area (Å²) in [7, 11) is 0. The van der Waals surface area contributed by atoms with Gasteiger partial charge in [-0.1, -0.05) is 6.07 Å². The van der Waals surface area contributed by atoms with Gasteiger partial charge in [-0.2, -0.15) is 0 Å². The third-order valence-electron chi connectivity index (χ3n) is 3.46. The number of carboxylic acid groups (broad SMARTS) is 1. The number of carboxylic acids is 1. The van der Waals surface area contributed by atoms with Crippen LogP contribution in [0.2, 0.25) is 0 Å². The molecule has 2 atom stereocenters. The molecule has 0 saturated heterocycles. The lowest BCUT2D eigenvalue weighted by Gasteiger charge is -2.08. The van der Waals surface area contributed by atoms with E-state index in [9.17, 15) is 9.59 Å². The summed E-state index contributed by atoms with van der Waals surface area (Å²) >= 11 is 0. The van der Waals surface area contributed by atoms with Gasteiger partial charge in [-0.3, -0.25) is 9.59 Å². The summed E-state index contributed by atoms with van der Waals surface area (Å²) in [5.41, 5.74) is 1.62. The van der Waals surface area contributed by atoms with Gasteiger partial charge in [-0.05, 0) is 36.8 Å². The first kappa shape index (κ1) is 12.5. The smallest absolute Gasteiger partial charge is 0.307 e. The molecule has 5 heteroatoms. The van der Waals surface area contributed by atoms with Gasteiger partial charge in [0.1, 0.15) is 0 Å². The highest BCUT2D eigenvalue weighted by atomic mass is 16.4. The van der Waals surface area contributed by atoms with Gasteiger partial charge < -0.3 is 15.0 Å². The summed E-state index contributed by atoms with van der Waals surface area (Å²) in [6.45, 7) is 0. The van der Waals surface area contributed by atoms with Crippen LogP contribution in [0.3, 0.4) is 0 Å². The molecular formula is C15H14N2O3. The highest BCUT2D eigenvalue weighted by Gasteiger charge is 2.48. The van der Waals surface area contributed by atoms with Crippen LogP contribution in [0.1, 0.15) is 6.42 Å². The lowest BCUT2D eigenvalue weighted by molar-refractivity contribution is -0.139. The van der Waals surface area contributed by atoms with Crippen molar-refractivity contribution >= 4 is 17.6 Å². The van der Waals surface area contributed by atoms with Gasteiger partial charge in [-0.15, -0.1) is 0 Å². The molecule has 3 rings (SSSR count). The number of hydrogen-bond donors (Lipinski definition) is 2. The van der Waals surface area contributed by atoms with Crippen LogP contribution < -0.4 is 5.32 Å². The quantitative estimate of drug-likeness (QED) is 0.894. The van der Waals surface area contributed by atoms with Crippen LogP contribution >= 0.6 is 0 Å². The van der Waals surface area contributed by atoms with Crippen LogP contribution in [0.15, 0.2) is 48.8 Å². The molecule has 102 valence electrons. The van der Waals surface area contributed by atoms with E-state index in [4.69, 9.17) is 5.11 Å². The van der Waals surface area contributed by atoms with Gasteiger partial charge in [0, 0.05) is 23.8 Å². The highest BCUT2D eigenvalue weighted by molar-refractivity contribution is 5.98. The summed E-state index contributed by atoms with van der Waals surface area (Å²) in [4.78, 5) is 22.7. The van der Waals surface area contributed by atoms with Crippen molar-refractivity contribution in [2.24, 2.45) is 11.8 Å². The first-order chi connectivity index (χ1) is 9.65. The van der Waals surface area contributed by atoms with Crippen LogP contribution in [-0.4, -0.2) is 21.6 Å². The van der Waals surface area contributed by atoms with Crippen molar-refractivity contribution in [1.82, 2.24) is 4.57 Å². The van der Waals surface area contributed by atoms with Crippen LogP contribution in [0, 0.1) is 11.8 Å². The lowest BCUT2D eigenvalue weighted by atomic mass is 10.2. The molecule has 1 aliphatic carbocycles. The van der Waals surface area contributed by atoms with Gasteiger partial charge >= 0.3 is 5.97 Å². The fourth-order valence-electron chi connectivity index (χ4n) is 2.24. The van der Waals surface area contributed by atoms with E-state index in [2.05, 4.69) is 5.32 Å². The van der Waals surface area contributed by atoms with Crippen LogP contribution in [0.5, 0.6) is 0 Å². The van der Waals surface area contributed by atoms with Crippen molar-refractivity contribution in [3.05, 3.63) is 48.8 Å². The van der Waals surface area contributed by atoms with E-state index in [1.165, 1.54) is 0 Å². The molecule has 1 aliphatic rings. The van der Waals surface area contributed by atoms with Crippen molar-refractivity contribution in [3.8, 4) is 5.69 Å². The Balaban J connectivity index is 1.71. The zero-order valence-electron chi connectivity index (χ0n) is 10.7. The van der Waals surface area contributed by atoms with Gasteiger partial charge in [0.25, 0.3) is 0 Å². The van der Waals surface area contributed by atoms with E-state index in [0.717, 1.165) is 5.69 Å². The number of aromatic nitrogens is 1. The number of carbonyl (C=O) groups is 2. The number of anilines is 1. The Morgan fingerprint density at radius 1 is 1.15 bits per heavy atom. The fourth-order valence-corrected chi connectivity index (χ4v) is 2.24. The molecule has 0 aliphatic heterocycles. The monoisotopic (exact) mass is 270 g/mol. The molecular weight excluding hydrogens is 256 g/mol. The summed E-state index contributed by atoms with van der Waals surface area (Å²) in [5.74, 6) is -2.04. The maximum absolute atomic E-state index is 11.9. The zero-order valence-corrected chi connectivity index (χ0v) is 10.7. The van der Waals surface area contributed by atoms with Crippen molar-refractivity contribution in [2.75, 3.05) is 5.32 Å². The summed E-state index contributed by atoms with van der Waals surface area (Å²) in [6, 6.07) is 11.3. The molecule has 0 bridgehead atoms. The SMILES string of the molecule is O=C(O)[C@H]1C[C@H]1C(=O)Nc1cccc(-n2cccc2)c1. The fraction of sp³-hybridized carbons (Fsp3) is 0.200. The minimum Gasteiger partial charge on any atom is -0.481 e. The molecule has 20 heavy (non-hydrogen) atoms. The Hall–Kier alpha value is -2.56. The predicted octanol–water partition coefficient (Wildman–Crippen LogP) is 2.14. The van der Waals surface area contributed by atoms with Crippen molar-refractivity contribution < 1.29 is 14.7 Å². The molecule has 2 N–H and O–H groups in total. The number of aliphatic carboxylic acids is 1. The molecule has 2 aromatic rings. The second kappa shape index (κ2) is 4.85. The van der Waals surface area contributed by atoms with E-state index in [1.807, 2.05) is 47.3 Å². The number of rotatable bonds is 4. The van der Waals surface area contributed by atoms with Gasteiger partial charge in [0.15, 0.2) is 0 Å². The summed E-state index contributed by atoms with van der Waals surface area (Å²) in [5, 5.41) is 11.6. The first-order valence-corrected chi connectivity index (χ1v) is 6.42. The van der Waals surface area contributed by atoms with Gasteiger partial charge in [0.2, 0.25) is 5.91 Å². The Morgan fingerprint density at radius 2 is 1.90 bits per heavy atom. The third kappa shape index (κ3) is 2.42. The largest absolute Gasteiger partial charge is 0.481 e. The molecule has 0 unspecified atom stereocenters. The average Bonchev–Trinajstić information content (AvgIpc) is 3.06. The number of nitrogens with zero attached hydrogens (tertiary/aromatic N) is 1. The predicted molar refractivity (Wildman–Crippen MR) is 73.6 cm³/mol. The third-order valence-corrected chi connectivity index (χ3v) is 3.46. The Labute approximate surface area is 115 Å². The Morgan fingerprint density at radius 3 is 2.55 bits per heavy atom. The van der Waals surface area contributed by atoms with Crippen molar-refractivity contribution in [3.63, 3.8) is 0 Å². The summed E-state index contributed by atoms with van der Waals surface area (Å²) in [6.07, 6.45) is 4.27. The van der Waals surface area contributed by atoms with E-state index < -0.39 is 17.8 Å². The second-order valence-corrected chi connectivity index (χ2v) is 4.92. The van der Waals surface area contributed by atoms with E-state index >= 15 is 0 Å². The average molecular weight is 270 g/mol. The maximum Gasteiger partial charge on any atom is 0.307 e. The number of carbonyl (C=O) groups excluding carboxylic acids is 1. The minimum atomic E-state index is -0.897. The molecule has 1 saturated carbocycles. The van der Waals surface area contributed by atoms with Gasteiger partial charge in [-0.25, -0.2) is 0 Å². The van der Waals surface area contributed by atoms with Crippen LogP contribution in [0.25, 0.3) is 5.69 Å². The zero-order chi connectivity index (χ0) is 14.1. The second-order valence-electron chi connectivity index (χ2n) is 4.92. The maximum atomic E-state index is 11.9. The normalized spacial score (nSPS) is 20.4. The van der Waals surface area contributed by atoms with Crippen molar-refractivity contribution in [2.45, 2.75) is 6.42 Å². The molecule has 5 nitrogen and oxygen atoms in total. The first-order valence-electron chi connectivity index (χ1n) is 6.42. The molecule has 1 aromatic heterocycles. The number of nitrogens with one attached hydrogen (secondary N) is 1. The molecule has 0 spiro atoms. The van der Waals surface area contributed by atoms with E-state index in [0.29, 0.717) is 12.1 Å². The topological polar surface area (TPSA) is 71.3 Å². The molecule has 1 amide bonds. The molecule has 1 aromatic carbocycles. The molecule has 1 heterocycles. The van der Waals surface area contributed by atoms with Crippen molar-refractivity contribution in [1.29, 1.82) is 0 Å². The van der Waals surface area contributed by atoms with E-state index in [-0.39, 0.29) is 5.91 Å². The molecule has 0 radical (unpaired) electrons.